The second-order valence-corrected chi connectivity index (χ2v) is 10.2. The molecule has 0 aromatic heterocycles. The molecule has 0 unspecified atom stereocenters. The van der Waals surface area contributed by atoms with Crippen LogP contribution in [0, 0.1) is 11.8 Å². The molecule has 3 rings (SSSR count). The van der Waals surface area contributed by atoms with Crippen molar-refractivity contribution in [3.8, 4) is 0 Å². The van der Waals surface area contributed by atoms with Crippen molar-refractivity contribution < 1.29 is 29.0 Å². The second-order valence-electron chi connectivity index (χ2n) is 10.2. The van der Waals surface area contributed by atoms with Crippen LogP contribution in [0.2, 0.25) is 0 Å². The molecule has 2 heterocycles. The van der Waals surface area contributed by atoms with Gasteiger partial charge in [-0.1, -0.05) is 6.08 Å². The number of rotatable bonds is 5. The summed E-state index contributed by atoms with van der Waals surface area (Å²) in [5, 5.41) is 11.8. The van der Waals surface area contributed by atoms with Gasteiger partial charge in [0.05, 0.1) is 11.5 Å². The van der Waals surface area contributed by atoms with E-state index in [2.05, 4.69) is 5.32 Å². The van der Waals surface area contributed by atoms with Gasteiger partial charge in [0.15, 0.2) is 0 Å². The molecule has 0 spiro atoms. The predicted molar refractivity (Wildman–Crippen MR) is 131 cm³/mol. The van der Waals surface area contributed by atoms with Gasteiger partial charge in [-0.15, -0.1) is 0 Å². The number of hydrogen-bond donors (Lipinski definition) is 2. The van der Waals surface area contributed by atoms with Gasteiger partial charge in [0.1, 0.15) is 5.60 Å². The third-order valence-electron chi connectivity index (χ3n) is 6.21. The Kier molecular flexibility index (Phi) is 8.53. The summed E-state index contributed by atoms with van der Waals surface area (Å²) < 4.78 is 5.42. The summed E-state index contributed by atoms with van der Waals surface area (Å²) in [6, 6.07) is 6.00. The highest BCUT2D eigenvalue weighted by Gasteiger charge is 2.29. The lowest BCUT2D eigenvalue weighted by Gasteiger charge is -2.33. The van der Waals surface area contributed by atoms with Crippen LogP contribution in [0.5, 0.6) is 0 Å². The van der Waals surface area contributed by atoms with Gasteiger partial charge in [0.2, 0.25) is 11.8 Å². The molecule has 1 aromatic carbocycles. The van der Waals surface area contributed by atoms with Gasteiger partial charge in [-0.2, -0.15) is 0 Å². The van der Waals surface area contributed by atoms with Gasteiger partial charge in [-0.25, -0.2) is 9.59 Å². The molecule has 0 radical (unpaired) electrons. The molecule has 3 amide bonds. The lowest BCUT2D eigenvalue weighted by atomic mass is 9.95. The van der Waals surface area contributed by atoms with Crippen LogP contribution in [0.25, 0.3) is 0 Å². The first-order chi connectivity index (χ1) is 16.5. The van der Waals surface area contributed by atoms with E-state index in [0.717, 1.165) is 19.3 Å². The van der Waals surface area contributed by atoms with Crippen molar-refractivity contribution in [1.82, 2.24) is 9.80 Å². The number of piperidine rings is 2. The van der Waals surface area contributed by atoms with Crippen molar-refractivity contribution >= 4 is 29.6 Å². The molecule has 9 nitrogen and oxygen atoms in total. The number of aromatic carboxylic acids is 1. The lowest BCUT2D eigenvalue weighted by Crippen LogP contribution is -2.43. The van der Waals surface area contributed by atoms with Crippen LogP contribution in [-0.4, -0.2) is 70.6 Å². The third kappa shape index (κ3) is 7.83. The number of carbonyl (C=O) groups is 4. The Balaban J connectivity index is 1.46. The van der Waals surface area contributed by atoms with E-state index in [-0.39, 0.29) is 35.3 Å². The van der Waals surface area contributed by atoms with E-state index in [1.54, 1.807) is 28.0 Å². The normalized spacial score (nSPS) is 19.5. The number of likely N-dealkylation sites (tertiary alicyclic amines) is 2. The molecular weight excluding hydrogens is 450 g/mol. The summed E-state index contributed by atoms with van der Waals surface area (Å²) in [5.41, 5.74) is 0.162. The third-order valence-corrected chi connectivity index (χ3v) is 6.21. The second kappa shape index (κ2) is 11.4. The number of allylic oxidation sites excluding steroid dienone is 1. The van der Waals surface area contributed by atoms with E-state index in [1.807, 2.05) is 26.8 Å². The van der Waals surface area contributed by atoms with E-state index in [0.29, 0.717) is 38.3 Å². The Morgan fingerprint density at radius 3 is 2.26 bits per heavy atom. The van der Waals surface area contributed by atoms with Gasteiger partial charge in [-0.05, 0) is 82.7 Å². The van der Waals surface area contributed by atoms with E-state index in [9.17, 15) is 19.2 Å². The number of anilines is 1. The SMILES string of the molecule is CC(C)(C)OC(=O)N1CCC(C=CC(=O)N2CCC[C@@H](C(=O)Nc3ccc(C(=O)O)cc3)C2)CC1. The fourth-order valence-corrected chi connectivity index (χ4v) is 4.26. The molecule has 2 aliphatic heterocycles. The van der Waals surface area contributed by atoms with Crippen molar-refractivity contribution in [2.24, 2.45) is 11.8 Å². The lowest BCUT2D eigenvalue weighted by molar-refractivity contribution is -0.130. The number of amides is 3. The first-order valence-corrected chi connectivity index (χ1v) is 12.1. The number of carbonyl (C=O) groups excluding carboxylic acids is 3. The molecular formula is C26H35N3O6. The summed E-state index contributed by atoms with van der Waals surface area (Å²) in [6.45, 7) is 7.68. The van der Waals surface area contributed by atoms with E-state index in [4.69, 9.17) is 9.84 Å². The minimum absolute atomic E-state index is 0.108. The molecule has 2 N–H and O–H groups in total. The molecule has 1 atom stereocenters. The molecule has 35 heavy (non-hydrogen) atoms. The van der Waals surface area contributed by atoms with Crippen LogP contribution in [0.1, 0.15) is 56.8 Å². The molecule has 0 saturated carbocycles. The van der Waals surface area contributed by atoms with Crippen molar-refractivity contribution in [3.63, 3.8) is 0 Å². The summed E-state index contributed by atoms with van der Waals surface area (Å²) in [6.07, 6.45) is 6.19. The molecule has 0 aliphatic carbocycles. The minimum atomic E-state index is -1.02. The number of carboxylic acid groups (broad SMARTS) is 1. The van der Waals surface area contributed by atoms with E-state index < -0.39 is 11.6 Å². The van der Waals surface area contributed by atoms with Crippen LogP contribution < -0.4 is 5.32 Å². The van der Waals surface area contributed by atoms with Crippen molar-refractivity contribution in [2.75, 3.05) is 31.5 Å². The average Bonchev–Trinajstić information content (AvgIpc) is 2.82. The van der Waals surface area contributed by atoms with Crippen LogP contribution in [0.15, 0.2) is 36.4 Å². The summed E-state index contributed by atoms with van der Waals surface area (Å²) in [4.78, 5) is 52.1. The molecule has 9 heteroatoms. The minimum Gasteiger partial charge on any atom is -0.478 e. The van der Waals surface area contributed by atoms with Crippen LogP contribution in [0.3, 0.4) is 0 Å². The number of nitrogens with one attached hydrogen (secondary N) is 1. The summed E-state index contributed by atoms with van der Waals surface area (Å²) in [7, 11) is 0. The zero-order valence-electron chi connectivity index (χ0n) is 20.7. The number of ether oxygens (including phenoxy) is 1. The molecule has 190 valence electrons. The van der Waals surface area contributed by atoms with Crippen molar-refractivity contribution in [2.45, 2.75) is 52.1 Å². The number of nitrogens with zero attached hydrogens (tertiary/aromatic N) is 2. The van der Waals surface area contributed by atoms with Crippen molar-refractivity contribution in [1.29, 1.82) is 0 Å². The van der Waals surface area contributed by atoms with E-state index in [1.165, 1.54) is 12.1 Å². The number of carboxylic acids is 1. The Morgan fingerprint density at radius 2 is 1.66 bits per heavy atom. The molecule has 2 aliphatic rings. The average molecular weight is 486 g/mol. The topological polar surface area (TPSA) is 116 Å². The standard InChI is InChI=1S/C26H35N3O6/c1-26(2,3)35-25(34)28-15-12-18(13-16-28)6-11-22(30)29-14-4-5-20(17-29)23(31)27-21-9-7-19(8-10-21)24(32)33/h6-11,18,20H,4-5,12-17H2,1-3H3,(H,27,31)(H,32,33)/t20-/m1/s1. The fraction of sp³-hybridized carbons (Fsp3) is 0.538. The Labute approximate surface area is 206 Å². The summed E-state index contributed by atoms with van der Waals surface area (Å²) in [5.74, 6) is -1.41. The Hall–Kier alpha value is -3.36. The predicted octanol–water partition coefficient (Wildman–Crippen LogP) is 3.77. The number of hydrogen-bond acceptors (Lipinski definition) is 5. The van der Waals surface area contributed by atoms with Gasteiger partial charge < -0.3 is 25.0 Å². The Bertz CT molecular complexity index is 958. The van der Waals surface area contributed by atoms with Crippen molar-refractivity contribution in [3.05, 3.63) is 42.0 Å². The highest BCUT2D eigenvalue weighted by Crippen LogP contribution is 2.22. The Morgan fingerprint density at radius 1 is 1.00 bits per heavy atom. The largest absolute Gasteiger partial charge is 0.478 e. The van der Waals surface area contributed by atoms with Crippen LogP contribution >= 0.6 is 0 Å². The number of benzene rings is 1. The quantitative estimate of drug-likeness (QED) is 0.614. The maximum Gasteiger partial charge on any atom is 0.410 e. The van der Waals surface area contributed by atoms with E-state index >= 15 is 0 Å². The molecule has 0 bridgehead atoms. The molecule has 2 fully saturated rings. The molecule has 1 aromatic rings. The fourth-order valence-electron chi connectivity index (χ4n) is 4.26. The zero-order chi connectivity index (χ0) is 25.6. The van der Waals surface area contributed by atoms with Gasteiger partial charge in [0.25, 0.3) is 0 Å². The van der Waals surface area contributed by atoms with Crippen LogP contribution in [-0.2, 0) is 14.3 Å². The van der Waals surface area contributed by atoms with Gasteiger partial charge in [0, 0.05) is 31.9 Å². The van der Waals surface area contributed by atoms with Gasteiger partial charge in [-0.3, -0.25) is 9.59 Å². The summed E-state index contributed by atoms with van der Waals surface area (Å²) >= 11 is 0. The first-order valence-electron chi connectivity index (χ1n) is 12.1. The monoisotopic (exact) mass is 485 g/mol. The zero-order valence-corrected chi connectivity index (χ0v) is 20.7. The highest BCUT2D eigenvalue weighted by atomic mass is 16.6. The maximum atomic E-state index is 12.8. The van der Waals surface area contributed by atoms with Gasteiger partial charge >= 0.3 is 12.1 Å². The smallest absolute Gasteiger partial charge is 0.410 e. The highest BCUT2D eigenvalue weighted by molar-refractivity contribution is 5.95. The molecule has 2 saturated heterocycles. The first kappa shape index (κ1) is 26.2. The maximum absolute atomic E-state index is 12.8. The van der Waals surface area contributed by atoms with Crippen LogP contribution in [0.4, 0.5) is 10.5 Å².